The normalized spacial score (nSPS) is 31.7. The summed E-state index contributed by atoms with van der Waals surface area (Å²) in [5, 5.41) is 5.10. The highest BCUT2D eigenvalue weighted by atomic mass is 32.1. The summed E-state index contributed by atoms with van der Waals surface area (Å²) in [6, 6.07) is 0.635. The molecule has 1 unspecified atom stereocenters. The van der Waals surface area contributed by atoms with Crippen LogP contribution in [0.1, 0.15) is 62.5 Å². The van der Waals surface area contributed by atoms with Crippen molar-refractivity contribution in [3.63, 3.8) is 0 Å². The number of aryl methyl sites for hydroxylation is 2. The molecule has 0 aromatic carbocycles. The molecule has 3 nitrogen and oxygen atoms in total. The molecule has 1 saturated heterocycles. The van der Waals surface area contributed by atoms with Gasteiger partial charge < -0.3 is 10.1 Å². The van der Waals surface area contributed by atoms with E-state index in [2.05, 4.69) is 46.9 Å². The van der Waals surface area contributed by atoms with E-state index in [1.54, 1.807) is 0 Å². The van der Waals surface area contributed by atoms with Crippen LogP contribution in [0.2, 0.25) is 0 Å². The molecule has 0 spiro atoms. The number of nitrogens with one attached hydrogen (secondary N) is 1. The zero-order valence-corrected chi connectivity index (χ0v) is 14.3. The maximum atomic E-state index is 6.39. The Morgan fingerprint density at radius 1 is 1.20 bits per heavy atom. The van der Waals surface area contributed by atoms with E-state index < -0.39 is 0 Å². The lowest BCUT2D eigenvalue weighted by molar-refractivity contribution is -0.0847. The Bertz CT molecular complexity index is 511. The van der Waals surface area contributed by atoms with Gasteiger partial charge in [0.2, 0.25) is 0 Å². The van der Waals surface area contributed by atoms with Crippen molar-refractivity contribution in [2.24, 2.45) is 0 Å². The molecule has 0 bridgehead atoms. The van der Waals surface area contributed by atoms with Crippen LogP contribution in [0, 0.1) is 13.8 Å². The van der Waals surface area contributed by atoms with Crippen LogP contribution in [-0.2, 0) is 10.3 Å². The van der Waals surface area contributed by atoms with Crippen LogP contribution in [0.25, 0.3) is 0 Å². The first-order chi connectivity index (χ1) is 9.15. The van der Waals surface area contributed by atoms with E-state index in [0.717, 1.165) is 12.1 Å². The van der Waals surface area contributed by atoms with Crippen LogP contribution in [0.4, 0.5) is 0 Å². The Morgan fingerprint density at radius 3 is 2.25 bits per heavy atom. The highest BCUT2D eigenvalue weighted by Crippen LogP contribution is 2.53. The van der Waals surface area contributed by atoms with Crippen molar-refractivity contribution < 1.29 is 4.74 Å². The van der Waals surface area contributed by atoms with Gasteiger partial charge in [0.05, 0.1) is 16.9 Å². The summed E-state index contributed by atoms with van der Waals surface area (Å²) in [6.07, 6.45) is 3.54. The van der Waals surface area contributed by atoms with E-state index in [-0.39, 0.29) is 16.7 Å². The molecule has 2 fully saturated rings. The van der Waals surface area contributed by atoms with Gasteiger partial charge >= 0.3 is 0 Å². The van der Waals surface area contributed by atoms with Crippen molar-refractivity contribution in [1.29, 1.82) is 0 Å². The van der Waals surface area contributed by atoms with E-state index in [4.69, 9.17) is 9.72 Å². The second kappa shape index (κ2) is 4.28. The molecule has 2 heterocycles. The molecular weight excluding hydrogens is 268 g/mol. The maximum Gasteiger partial charge on any atom is 0.116 e. The molecular formula is C16H26N2OS. The Labute approximate surface area is 126 Å². The van der Waals surface area contributed by atoms with Crippen LogP contribution in [-0.4, -0.2) is 22.2 Å². The summed E-state index contributed by atoms with van der Waals surface area (Å²) >= 11 is 1.83. The third kappa shape index (κ3) is 2.22. The number of thiazole rings is 1. The molecule has 20 heavy (non-hydrogen) atoms. The minimum Gasteiger partial charge on any atom is -0.367 e. The zero-order valence-electron chi connectivity index (χ0n) is 13.5. The molecule has 1 aliphatic heterocycles. The molecule has 1 aromatic heterocycles. The van der Waals surface area contributed by atoms with Gasteiger partial charge in [-0.1, -0.05) is 0 Å². The fourth-order valence-corrected chi connectivity index (χ4v) is 4.73. The molecule has 1 aliphatic carbocycles. The lowest BCUT2D eigenvalue weighted by Crippen LogP contribution is -2.55. The first-order valence-electron chi connectivity index (χ1n) is 7.58. The Kier molecular flexibility index (Phi) is 3.10. The summed E-state index contributed by atoms with van der Waals surface area (Å²) in [7, 11) is 0. The van der Waals surface area contributed by atoms with Crippen molar-refractivity contribution in [3.8, 4) is 0 Å². The van der Waals surface area contributed by atoms with Crippen LogP contribution < -0.4 is 5.32 Å². The topological polar surface area (TPSA) is 34.2 Å². The standard InChI is InChI=1S/C16H26N2OS/c1-10-11(2)20-13(17-10)16(18-12-7-8-12)9-14(3,4)19-15(16,5)6/h12,18H,7-9H2,1-6H3. The van der Waals surface area contributed by atoms with Gasteiger partial charge in [-0.15, -0.1) is 11.3 Å². The molecule has 1 aromatic rings. The maximum absolute atomic E-state index is 6.39. The lowest BCUT2D eigenvalue weighted by atomic mass is 9.79. The first-order valence-corrected chi connectivity index (χ1v) is 8.39. The summed E-state index contributed by atoms with van der Waals surface area (Å²) in [4.78, 5) is 6.20. The van der Waals surface area contributed by atoms with Gasteiger partial charge in [-0.05, 0) is 54.4 Å². The van der Waals surface area contributed by atoms with Gasteiger partial charge in [-0.2, -0.15) is 0 Å². The zero-order chi connectivity index (χ0) is 14.8. The van der Waals surface area contributed by atoms with Crippen molar-refractivity contribution in [3.05, 3.63) is 15.6 Å². The van der Waals surface area contributed by atoms with Crippen LogP contribution >= 0.6 is 11.3 Å². The van der Waals surface area contributed by atoms with E-state index >= 15 is 0 Å². The predicted octanol–water partition coefficient (Wildman–Crippen LogP) is 3.68. The summed E-state index contributed by atoms with van der Waals surface area (Å²) in [5.74, 6) is 0. The molecule has 0 amide bonds. The van der Waals surface area contributed by atoms with Gasteiger partial charge in [0.15, 0.2) is 0 Å². The molecule has 2 aliphatic rings. The predicted molar refractivity (Wildman–Crippen MR) is 83.3 cm³/mol. The van der Waals surface area contributed by atoms with Crippen LogP contribution in [0.15, 0.2) is 0 Å². The van der Waals surface area contributed by atoms with Crippen molar-refractivity contribution >= 4 is 11.3 Å². The summed E-state index contributed by atoms with van der Waals surface area (Å²) < 4.78 is 6.39. The average molecular weight is 294 g/mol. The Hall–Kier alpha value is -0.450. The monoisotopic (exact) mass is 294 g/mol. The molecule has 4 heteroatoms. The van der Waals surface area contributed by atoms with Gasteiger partial charge in [-0.25, -0.2) is 4.98 Å². The Balaban J connectivity index is 2.08. The molecule has 1 saturated carbocycles. The third-order valence-electron chi connectivity index (χ3n) is 4.67. The fraction of sp³-hybridized carbons (Fsp3) is 0.812. The number of ether oxygens (including phenoxy) is 1. The molecule has 1 atom stereocenters. The number of hydrogen-bond donors (Lipinski definition) is 1. The first kappa shape index (κ1) is 14.5. The van der Waals surface area contributed by atoms with Gasteiger partial charge in [0.25, 0.3) is 0 Å². The number of rotatable bonds is 3. The third-order valence-corrected chi connectivity index (χ3v) is 5.91. The molecule has 3 rings (SSSR count). The summed E-state index contributed by atoms with van der Waals surface area (Å²) in [6.45, 7) is 13.1. The highest BCUT2D eigenvalue weighted by molar-refractivity contribution is 7.11. The molecule has 0 radical (unpaired) electrons. The quantitative estimate of drug-likeness (QED) is 0.923. The SMILES string of the molecule is Cc1nc(C2(NC3CC3)CC(C)(C)OC2(C)C)sc1C. The smallest absolute Gasteiger partial charge is 0.116 e. The van der Waals surface area contributed by atoms with Crippen LogP contribution in [0.3, 0.4) is 0 Å². The highest BCUT2D eigenvalue weighted by Gasteiger charge is 2.60. The lowest BCUT2D eigenvalue weighted by Gasteiger charge is -2.39. The second-order valence-electron chi connectivity index (χ2n) is 7.53. The van der Waals surface area contributed by atoms with Gasteiger partial charge in [0, 0.05) is 17.3 Å². The average Bonchev–Trinajstić information content (AvgIpc) is 2.97. The van der Waals surface area contributed by atoms with E-state index in [0.29, 0.717) is 6.04 Å². The number of aromatic nitrogens is 1. The van der Waals surface area contributed by atoms with Crippen LogP contribution in [0.5, 0.6) is 0 Å². The van der Waals surface area contributed by atoms with Crippen molar-refractivity contribution in [2.75, 3.05) is 0 Å². The van der Waals surface area contributed by atoms with E-state index in [9.17, 15) is 0 Å². The number of hydrogen-bond acceptors (Lipinski definition) is 4. The van der Waals surface area contributed by atoms with Crippen molar-refractivity contribution in [1.82, 2.24) is 10.3 Å². The van der Waals surface area contributed by atoms with E-state index in [1.165, 1.54) is 22.7 Å². The van der Waals surface area contributed by atoms with Crippen molar-refractivity contribution in [2.45, 2.75) is 83.6 Å². The minimum atomic E-state index is -0.240. The largest absolute Gasteiger partial charge is 0.367 e. The Morgan fingerprint density at radius 2 is 1.85 bits per heavy atom. The van der Waals surface area contributed by atoms with Gasteiger partial charge in [-0.3, -0.25) is 0 Å². The fourth-order valence-electron chi connectivity index (χ4n) is 3.52. The number of nitrogens with zero attached hydrogens (tertiary/aromatic N) is 1. The molecule has 112 valence electrons. The van der Waals surface area contributed by atoms with Gasteiger partial charge in [0.1, 0.15) is 10.5 Å². The van der Waals surface area contributed by atoms with E-state index in [1.807, 2.05) is 11.3 Å². The molecule has 1 N–H and O–H groups in total. The minimum absolute atomic E-state index is 0.112. The summed E-state index contributed by atoms with van der Waals surface area (Å²) in [5.41, 5.74) is 0.651. The second-order valence-corrected chi connectivity index (χ2v) is 8.74.